The summed E-state index contributed by atoms with van der Waals surface area (Å²) >= 11 is 0. The highest BCUT2D eigenvalue weighted by Crippen LogP contribution is 2.43. The van der Waals surface area contributed by atoms with Gasteiger partial charge in [-0.3, -0.25) is 0 Å². The van der Waals surface area contributed by atoms with Gasteiger partial charge in [0.05, 0.1) is 0 Å². The van der Waals surface area contributed by atoms with E-state index in [0.29, 0.717) is 17.6 Å². The zero-order valence-electron chi connectivity index (χ0n) is 11.2. The third-order valence-electron chi connectivity index (χ3n) is 3.50. The average Bonchev–Trinajstić information content (AvgIpc) is 1.78. The fraction of sp³-hybridized carbons (Fsp3) is 1.00. The predicted molar refractivity (Wildman–Crippen MR) is 67.9 cm³/mol. The van der Waals surface area contributed by atoms with Crippen LogP contribution in [0.4, 0.5) is 0 Å². The summed E-state index contributed by atoms with van der Waals surface area (Å²) in [5, 5.41) is 0.781. The van der Waals surface area contributed by atoms with Crippen molar-refractivity contribution in [2.75, 3.05) is 14.1 Å². The van der Waals surface area contributed by atoms with Crippen molar-refractivity contribution in [3.05, 3.63) is 0 Å². The highest BCUT2D eigenvalue weighted by atomic mass is 15.3. The van der Waals surface area contributed by atoms with Crippen LogP contribution in [-0.2, 0) is 0 Å². The molecule has 0 aliphatic carbocycles. The zero-order valence-corrected chi connectivity index (χ0v) is 11.2. The van der Waals surface area contributed by atoms with Crippen LogP contribution in [0.15, 0.2) is 0 Å². The maximum atomic E-state index is 2.58. The molecule has 0 aromatic carbocycles. The van der Waals surface area contributed by atoms with Crippen molar-refractivity contribution in [1.29, 1.82) is 0 Å². The third kappa shape index (κ3) is 1.87. The van der Waals surface area contributed by atoms with Crippen LogP contribution in [-0.4, -0.2) is 37.5 Å². The van der Waals surface area contributed by atoms with E-state index < -0.39 is 0 Å². The van der Waals surface area contributed by atoms with Gasteiger partial charge >= 0.3 is 0 Å². The quantitative estimate of drug-likeness (QED) is 0.546. The van der Waals surface area contributed by atoms with E-state index in [4.69, 9.17) is 0 Å². The minimum Gasteiger partial charge on any atom is -0.661 e. The lowest BCUT2D eigenvalue weighted by molar-refractivity contribution is 0.432. The molecular formula is C10H25B2N2-2. The van der Waals surface area contributed by atoms with Gasteiger partial charge in [-0.05, 0) is 0 Å². The van der Waals surface area contributed by atoms with Crippen molar-refractivity contribution >= 4 is 14.0 Å². The minimum absolute atomic E-state index is 0.291. The molecule has 1 rings (SSSR count). The fourth-order valence-electron chi connectivity index (χ4n) is 3.74. The molecule has 0 unspecified atom stereocenters. The molecule has 0 atom stereocenters. The first-order valence-electron chi connectivity index (χ1n) is 5.69. The molecule has 83 valence electrons. The lowest BCUT2D eigenvalue weighted by Crippen LogP contribution is -2.79. The smallest absolute Gasteiger partial charge is 0.0443 e. The molecule has 1 heterocycles. The average molecular weight is 195 g/mol. The summed E-state index contributed by atoms with van der Waals surface area (Å²) in [4.78, 5) is 0. The first-order chi connectivity index (χ1) is 6.07. The molecule has 0 aromatic rings. The lowest BCUT2D eigenvalue weighted by Gasteiger charge is -2.84. The molecule has 0 amide bonds. The van der Waals surface area contributed by atoms with Crippen LogP contribution in [0.3, 0.4) is 0 Å². The number of rotatable bonds is 0. The molecule has 0 spiro atoms. The molecule has 0 N–H and O–H groups in total. The summed E-state index contributed by atoms with van der Waals surface area (Å²) in [5.74, 6) is 0. The fourth-order valence-corrected chi connectivity index (χ4v) is 3.74. The van der Waals surface area contributed by atoms with Crippen LogP contribution in [0.1, 0.15) is 41.5 Å². The standard InChI is InChI=1S/C10H25B2N2/c1-9(2,3)11-13(7)12(14(11)8)10(4,5)6/h11H,1-8H3/q-2. The van der Waals surface area contributed by atoms with Gasteiger partial charge in [-0.25, -0.2) is 0 Å². The van der Waals surface area contributed by atoms with Crippen molar-refractivity contribution < 1.29 is 0 Å². The van der Waals surface area contributed by atoms with Crippen molar-refractivity contribution in [2.24, 2.45) is 0 Å². The second-order valence-electron chi connectivity index (χ2n) is 7.27. The van der Waals surface area contributed by atoms with Crippen LogP contribution < -0.4 is 0 Å². The summed E-state index contributed by atoms with van der Waals surface area (Å²) < 4.78 is 5.17. The van der Waals surface area contributed by atoms with E-state index in [2.05, 4.69) is 65.1 Å². The largest absolute Gasteiger partial charge is 0.661 e. The van der Waals surface area contributed by atoms with Gasteiger partial charge < -0.3 is 9.44 Å². The van der Waals surface area contributed by atoms with Gasteiger partial charge in [0, 0.05) is 6.98 Å². The van der Waals surface area contributed by atoms with Gasteiger partial charge in [0.15, 0.2) is 0 Å². The Labute approximate surface area is 90.3 Å². The van der Waals surface area contributed by atoms with Crippen LogP contribution in [0.5, 0.6) is 0 Å². The molecule has 4 heteroatoms. The van der Waals surface area contributed by atoms with Gasteiger partial charge in [-0.2, -0.15) is 5.31 Å². The van der Waals surface area contributed by atoms with Crippen molar-refractivity contribution in [3.63, 3.8) is 0 Å². The maximum absolute atomic E-state index is 2.58. The first-order valence-corrected chi connectivity index (χ1v) is 5.69. The van der Waals surface area contributed by atoms with Crippen LogP contribution in [0, 0.1) is 0 Å². The summed E-state index contributed by atoms with van der Waals surface area (Å²) in [7, 11) is 4.56. The Morgan fingerprint density at radius 2 is 1.21 bits per heavy atom. The van der Waals surface area contributed by atoms with Crippen LogP contribution in [0.25, 0.3) is 0 Å². The molecule has 1 radical (unpaired) electrons. The SMILES string of the molecule is CN1[B-](C(C)(C)C)N(C)[BH-]1C(C)(C)C. The van der Waals surface area contributed by atoms with E-state index in [-0.39, 0.29) is 6.98 Å². The van der Waals surface area contributed by atoms with E-state index in [1.807, 2.05) is 0 Å². The minimum atomic E-state index is -0.291. The maximum Gasteiger partial charge on any atom is 0.0443 e. The van der Waals surface area contributed by atoms with Crippen LogP contribution >= 0.6 is 0 Å². The molecule has 1 saturated heterocycles. The molecule has 0 bridgehead atoms. The number of hydrogen-bond donors (Lipinski definition) is 0. The Morgan fingerprint density at radius 3 is 1.43 bits per heavy atom. The van der Waals surface area contributed by atoms with Crippen LogP contribution in [0.2, 0.25) is 10.6 Å². The van der Waals surface area contributed by atoms with E-state index in [1.165, 1.54) is 0 Å². The van der Waals surface area contributed by atoms with Crippen molar-refractivity contribution in [2.45, 2.75) is 52.2 Å². The summed E-state index contributed by atoms with van der Waals surface area (Å²) in [5.41, 5.74) is 0. The van der Waals surface area contributed by atoms with E-state index >= 15 is 0 Å². The Morgan fingerprint density at radius 1 is 0.857 bits per heavy atom. The van der Waals surface area contributed by atoms with Gasteiger partial charge in [0.1, 0.15) is 0 Å². The van der Waals surface area contributed by atoms with E-state index in [1.54, 1.807) is 0 Å². The van der Waals surface area contributed by atoms with Gasteiger partial charge in [-0.1, -0.05) is 62.6 Å². The summed E-state index contributed by atoms with van der Waals surface area (Å²) in [6.07, 6.45) is 0. The zero-order chi connectivity index (χ0) is 11.3. The Balaban J connectivity index is 2.76. The second kappa shape index (κ2) is 3.28. The van der Waals surface area contributed by atoms with Crippen molar-refractivity contribution in [3.8, 4) is 0 Å². The van der Waals surface area contributed by atoms with Gasteiger partial charge in [0.25, 0.3) is 0 Å². The Bertz CT molecular complexity index is 185. The molecule has 2 nitrogen and oxygen atoms in total. The van der Waals surface area contributed by atoms with Crippen molar-refractivity contribution in [1.82, 2.24) is 9.44 Å². The molecule has 14 heavy (non-hydrogen) atoms. The topological polar surface area (TPSA) is 6.48 Å². The molecular weight excluding hydrogens is 170 g/mol. The Kier molecular flexibility index (Phi) is 2.84. The molecule has 0 saturated carbocycles. The molecule has 0 aromatic heterocycles. The van der Waals surface area contributed by atoms with E-state index in [0.717, 1.165) is 0 Å². The first kappa shape index (κ1) is 12.1. The second-order valence-corrected chi connectivity index (χ2v) is 7.27. The summed E-state index contributed by atoms with van der Waals surface area (Å²) in [6, 6.07) is 0. The normalized spacial score (nSPS) is 24.0. The van der Waals surface area contributed by atoms with E-state index in [9.17, 15) is 0 Å². The number of hydrogen-bond acceptors (Lipinski definition) is 2. The Hall–Kier alpha value is 0.0499. The molecule has 1 aliphatic heterocycles. The van der Waals surface area contributed by atoms with Gasteiger partial charge in [0.2, 0.25) is 0 Å². The summed E-state index contributed by atoms with van der Waals surface area (Å²) in [6.45, 7) is 14.3. The highest BCUT2D eigenvalue weighted by Gasteiger charge is 2.34. The predicted octanol–water partition coefficient (Wildman–Crippen LogP) is 2.17. The molecule has 1 fully saturated rings. The molecule has 1 aliphatic rings. The monoisotopic (exact) mass is 195 g/mol. The van der Waals surface area contributed by atoms with Gasteiger partial charge in [-0.15, -0.1) is 5.31 Å². The number of nitrogens with zero attached hydrogens (tertiary/aromatic N) is 2. The highest BCUT2D eigenvalue weighted by molar-refractivity contribution is 6.88. The lowest BCUT2D eigenvalue weighted by atomic mass is 9.28. The third-order valence-corrected chi connectivity index (χ3v) is 3.50.